The van der Waals surface area contributed by atoms with Gasteiger partial charge in [0.05, 0.1) is 5.69 Å². The highest BCUT2D eigenvalue weighted by atomic mass is 19.2. The van der Waals surface area contributed by atoms with Crippen LogP contribution in [0.1, 0.15) is 16.1 Å². The lowest BCUT2D eigenvalue weighted by Crippen LogP contribution is -2.16. The zero-order valence-corrected chi connectivity index (χ0v) is 10.6. The molecule has 0 unspecified atom stereocenters. The molecule has 0 aliphatic heterocycles. The van der Waals surface area contributed by atoms with Crippen molar-refractivity contribution in [3.63, 3.8) is 0 Å². The van der Waals surface area contributed by atoms with Crippen molar-refractivity contribution in [2.45, 2.75) is 6.92 Å². The number of hydrazine groups is 1. The molecule has 0 atom stereocenters. The maximum Gasteiger partial charge on any atom is 0.255 e. The Bertz CT molecular complexity index is 661. The van der Waals surface area contributed by atoms with Crippen LogP contribution in [0, 0.1) is 18.6 Å². The summed E-state index contributed by atoms with van der Waals surface area (Å²) in [7, 11) is 0. The van der Waals surface area contributed by atoms with Crippen LogP contribution in [0.4, 0.5) is 20.3 Å². The fourth-order valence-electron chi connectivity index (χ4n) is 1.67. The Labute approximate surface area is 113 Å². The Morgan fingerprint density at radius 2 is 2.05 bits per heavy atom. The second kappa shape index (κ2) is 5.62. The lowest BCUT2D eigenvalue weighted by molar-refractivity contribution is 0.102. The number of amides is 1. The first-order chi connectivity index (χ1) is 9.51. The molecule has 0 saturated carbocycles. The number of pyridine rings is 1. The summed E-state index contributed by atoms with van der Waals surface area (Å²) in [6, 6.07) is 6.45. The van der Waals surface area contributed by atoms with E-state index < -0.39 is 17.5 Å². The van der Waals surface area contributed by atoms with E-state index in [1.165, 1.54) is 24.3 Å². The van der Waals surface area contributed by atoms with E-state index in [2.05, 4.69) is 15.7 Å². The van der Waals surface area contributed by atoms with Crippen LogP contribution in [0.25, 0.3) is 0 Å². The summed E-state index contributed by atoms with van der Waals surface area (Å²) in [5.41, 5.74) is 2.88. The van der Waals surface area contributed by atoms with E-state index in [0.717, 1.165) is 6.07 Å². The number of nitrogens with one attached hydrogen (secondary N) is 2. The topological polar surface area (TPSA) is 80.0 Å². The van der Waals surface area contributed by atoms with E-state index >= 15 is 0 Å². The minimum atomic E-state index is -1.11. The third kappa shape index (κ3) is 2.89. The molecule has 0 aliphatic rings. The number of nitrogens with zero attached hydrogens (tertiary/aromatic N) is 1. The van der Waals surface area contributed by atoms with E-state index in [0.29, 0.717) is 11.5 Å². The zero-order valence-electron chi connectivity index (χ0n) is 10.6. The molecular weight excluding hydrogens is 266 g/mol. The van der Waals surface area contributed by atoms with Gasteiger partial charge in [0.1, 0.15) is 5.82 Å². The highest BCUT2D eigenvalue weighted by Gasteiger charge is 2.13. The Kier molecular flexibility index (Phi) is 3.90. The molecule has 1 aromatic heterocycles. The SMILES string of the molecule is Cc1cc(C(=O)Nc2cccc(F)c2F)cc(NN)n1. The van der Waals surface area contributed by atoms with Gasteiger partial charge in [0.25, 0.3) is 5.91 Å². The molecule has 0 saturated heterocycles. The number of nitrogens with two attached hydrogens (primary N) is 1. The predicted octanol–water partition coefficient (Wildman–Crippen LogP) is 2.21. The molecule has 104 valence electrons. The largest absolute Gasteiger partial charge is 0.319 e. The Balaban J connectivity index is 2.28. The van der Waals surface area contributed by atoms with E-state index in [1.807, 2.05) is 0 Å². The van der Waals surface area contributed by atoms with Gasteiger partial charge in [-0.3, -0.25) is 4.79 Å². The summed E-state index contributed by atoms with van der Waals surface area (Å²) in [5, 5.41) is 2.30. The third-order valence-electron chi connectivity index (χ3n) is 2.56. The van der Waals surface area contributed by atoms with Crippen LogP contribution in [-0.4, -0.2) is 10.9 Å². The zero-order chi connectivity index (χ0) is 14.7. The number of anilines is 2. The summed E-state index contributed by atoms with van der Waals surface area (Å²) in [4.78, 5) is 16.0. The predicted molar refractivity (Wildman–Crippen MR) is 71.1 cm³/mol. The number of benzene rings is 1. The molecule has 1 aromatic carbocycles. The second-order valence-corrected chi connectivity index (χ2v) is 4.08. The Hall–Kier alpha value is -2.54. The Morgan fingerprint density at radius 1 is 1.30 bits per heavy atom. The number of halogens is 2. The van der Waals surface area contributed by atoms with E-state index in [4.69, 9.17) is 5.84 Å². The minimum absolute atomic E-state index is 0.230. The molecule has 2 aromatic rings. The van der Waals surface area contributed by atoms with Crippen molar-refractivity contribution < 1.29 is 13.6 Å². The highest BCUT2D eigenvalue weighted by molar-refractivity contribution is 6.04. The van der Waals surface area contributed by atoms with Crippen LogP contribution in [0.2, 0.25) is 0 Å². The summed E-state index contributed by atoms with van der Waals surface area (Å²) < 4.78 is 26.5. The van der Waals surface area contributed by atoms with Crippen molar-refractivity contribution in [2.24, 2.45) is 5.84 Å². The van der Waals surface area contributed by atoms with E-state index in [1.54, 1.807) is 6.92 Å². The molecule has 0 spiro atoms. The number of aromatic nitrogens is 1. The van der Waals surface area contributed by atoms with Crippen molar-refractivity contribution in [3.8, 4) is 0 Å². The molecule has 5 nitrogen and oxygen atoms in total. The van der Waals surface area contributed by atoms with Crippen LogP contribution in [0.3, 0.4) is 0 Å². The van der Waals surface area contributed by atoms with Crippen LogP contribution < -0.4 is 16.6 Å². The number of carbonyl (C=O) groups is 1. The third-order valence-corrected chi connectivity index (χ3v) is 2.56. The van der Waals surface area contributed by atoms with Gasteiger partial charge in [0, 0.05) is 11.3 Å². The standard InChI is InChI=1S/C13H12F2N4O/c1-7-5-8(6-11(17-7)19-16)13(20)18-10-4-2-3-9(14)12(10)15/h2-6H,16H2,1H3,(H,17,19)(H,18,20). The number of hydrogen-bond donors (Lipinski definition) is 3. The molecule has 4 N–H and O–H groups in total. The summed E-state index contributed by atoms with van der Waals surface area (Å²) in [6.45, 7) is 1.68. The van der Waals surface area contributed by atoms with Crippen LogP contribution in [0.5, 0.6) is 0 Å². The van der Waals surface area contributed by atoms with Crippen molar-refractivity contribution >= 4 is 17.4 Å². The van der Waals surface area contributed by atoms with Crippen molar-refractivity contribution in [3.05, 3.63) is 53.2 Å². The molecule has 0 fully saturated rings. The monoisotopic (exact) mass is 278 g/mol. The summed E-state index contributed by atoms with van der Waals surface area (Å²) in [5.74, 6) is 2.81. The quantitative estimate of drug-likeness (QED) is 0.594. The lowest BCUT2D eigenvalue weighted by atomic mass is 10.2. The van der Waals surface area contributed by atoms with Gasteiger partial charge in [-0.2, -0.15) is 0 Å². The first-order valence-electron chi connectivity index (χ1n) is 5.72. The Morgan fingerprint density at radius 3 is 2.75 bits per heavy atom. The van der Waals surface area contributed by atoms with Crippen LogP contribution in [-0.2, 0) is 0 Å². The average Bonchev–Trinajstić information content (AvgIpc) is 2.43. The van der Waals surface area contributed by atoms with E-state index in [9.17, 15) is 13.6 Å². The summed E-state index contributed by atoms with van der Waals surface area (Å²) in [6.07, 6.45) is 0. The normalized spacial score (nSPS) is 10.2. The van der Waals surface area contributed by atoms with E-state index in [-0.39, 0.29) is 11.3 Å². The molecule has 7 heteroatoms. The van der Waals surface area contributed by atoms with Crippen LogP contribution >= 0.6 is 0 Å². The van der Waals surface area contributed by atoms with Crippen LogP contribution in [0.15, 0.2) is 30.3 Å². The van der Waals surface area contributed by atoms with Crippen molar-refractivity contribution in [1.29, 1.82) is 0 Å². The smallest absolute Gasteiger partial charge is 0.255 e. The number of nitrogen functional groups attached to an aromatic ring is 1. The molecule has 20 heavy (non-hydrogen) atoms. The van der Waals surface area contributed by atoms with Gasteiger partial charge in [-0.25, -0.2) is 19.6 Å². The summed E-state index contributed by atoms with van der Waals surface area (Å²) >= 11 is 0. The highest BCUT2D eigenvalue weighted by Crippen LogP contribution is 2.18. The van der Waals surface area contributed by atoms with Gasteiger partial charge in [-0.15, -0.1) is 0 Å². The van der Waals surface area contributed by atoms with Gasteiger partial charge >= 0.3 is 0 Å². The van der Waals surface area contributed by atoms with Crippen molar-refractivity contribution in [1.82, 2.24) is 4.98 Å². The van der Waals surface area contributed by atoms with Crippen molar-refractivity contribution in [2.75, 3.05) is 10.7 Å². The molecule has 2 rings (SSSR count). The van der Waals surface area contributed by atoms with Gasteiger partial charge in [0.2, 0.25) is 0 Å². The fourth-order valence-corrected chi connectivity index (χ4v) is 1.67. The van der Waals surface area contributed by atoms with Gasteiger partial charge in [0.15, 0.2) is 11.6 Å². The first kappa shape index (κ1) is 13.9. The number of aryl methyl sites for hydroxylation is 1. The number of rotatable bonds is 3. The number of hydrogen-bond acceptors (Lipinski definition) is 4. The number of carbonyl (C=O) groups excluding carboxylic acids is 1. The molecule has 0 aliphatic carbocycles. The maximum atomic E-state index is 13.5. The molecule has 1 amide bonds. The van der Waals surface area contributed by atoms with Gasteiger partial charge < -0.3 is 10.7 Å². The molecule has 0 bridgehead atoms. The lowest BCUT2D eigenvalue weighted by Gasteiger charge is -2.08. The second-order valence-electron chi connectivity index (χ2n) is 4.08. The first-order valence-corrected chi connectivity index (χ1v) is 5.72. The molecule has 1 heterocycles. The fraction of sp³-hybridized carbons (Fsp3) is 0.0769. The maximum absolute atomic E-state index is 13.5. The molecule has 0 radical (unpaired) electrons. The van der Waals surface area contributed by atoms with Gasteiger partial charge in [-0.05, 0) is 31.2 Å². The minimum Gasteiger partial charge on any atom is -0.319 e. The van der Waals surface area contributed by atoms with Gasteiger partial charge in [-0.1, -0.05) is 6.07 Å². The average molecular weight is 278 g/mol. The molecular formula is C13H12F2N4O.